The normalized spacial score (nSPS) is 19.7. The molecule has 2 bridgehead atoms. The molecular formula is C21H23N3O6. The number of esters is 1. The number of carbonyl (C=O) groups excluding carboxylic acids is 2. The number of likely N-dealkylation sites (tertiary alicyclic amines) is 1. The quantitative estimate of drug-likeness (QED) is 0.762. The summed E-state index contributed by atoms with van der Waals surface area (Å²) in [4.78, 5) is 43.2. The van der Waals surface area contributed by atoms with E-state index in [1.807, 2.05) is 30.3 Å². The van der Waals surface area contributed by atoms with E-state index >= 15 is 0 Å². The van der Waals surface area contributed by atoms with Crippen molar-refractivity contribution in [3.63, 3.8) is 0 Å². The lowest BCUT2D eigenvalue weighted by Gasteiger charge is -2.41. The van der Waals surface area contributed by atoms with Crippen molar-refractivity contribution in [1.29, 1.82) is 0 Å². The summed E-state index contributed by atoms with van der Waals surface area (Å²) in [5.41, 5.74) is -0.135. The first-order valence-corrected chi connectivity index (χ1v) is 9.94. The summed E-state index contributed by atoms with van der Waals surface area (Å²) in [5, 5.41) is 10.2. The highest BCUT2D eigenvalue weighted by atomic mass is 16.6. The SMILES string of the molecule is CCOC(=O)c1nc2n(c(=O)c1O)CC1CC2CN(C(=O)OCc2ccccc2)C1. The summed E-state index contributed by atoms with van der Waals surface area (Å²) >= 11 is 0. The van der Waals surface area contributed by atoms with Gasteiger partial charge in [0.1, 0.15) is 12.4 Å². The number of hydrogen-bond acceptors (Lipinski definition) is 7. The van der Waals surface area contributed by atoms with Crippen LogP contribution in [0.3, 0.4) is 0 Å². The van der Waals surface area contributed by atoms with Gasteiger partial charge in [-0.2, -0.15) is 0 Å². The molecule has 1 saturated heterocycles. The minimum Gasteiger partial charge on any atom is -0.501 e. The van der Waals surface area contributed by atoms with Crippen LogP contribution in [0.25, 0.3) is 0 Å². The summed E-state index contributed by atoms with van der Waals surface area (Å²) in [6.07, 6.45) is 0.316. The molecule has 4 rings (SSSR count). The largest absolute Gasteiger partial charge is 0.501 e. The van der Waals surface area contributed by atoms with Crippen molar-refractivity contribution in [3.05, 3.63) is 57.8 Å². The zero-order valence-electron chi connectivity index (χ0n) is 16.6. The van der Waals surface area contributed by atoms with Gasteiger partial charge in [0.15, 0.2) is 5.69 Å². The Kier molecular flexibility index (Phi) is 5.43. The minimum absolute atomic E-state index is 0.0351. The van der Waals surface area contributed by atoms with Gasteiger partial charge in [-0.1, -0.05) is 30.3 Å². The number of amides is 1. The van der Waals surface area contributed by atoms with E-state index in [4.69, 9.17) is 9.47 Å². The Labute approximate surface area is 172 Å². The Morgan fingerprint density at radius 3 is 2.67 bits per heavy atom. The van der Waals surface area contributed by atoms with Crippen LogP contribution in [0.15, 0.2) is 35.1 Å². The third-order valence-electron chi connectivity index (χ3n) is 5.45. The molecule has 9 heteroatoms. The van der Waals surface area contributed by atoms with Crippen molar-refractivity contribution in [2.45, 2.75) is 32.4 Å². The molecule has 9 nitrogen and oxygen atoms in total. The molecule has 2 aromatic rings. The van der Waals surface area contributed by atoms with Crippen LogP contribution < -0.4 is 5.56 Å². The third-order valence-corrected chi connectivity index (χ3v) is 5.45. The summed E-state index contributed by atoms with van der Waals surface area (Å²) in [5.74, 6) is -1.35. The van der Waals surface area contributed by atoms with Gasteiger partial charge in [0.25, 0.3) is 5.56 Å². The molecule has 158 valence electrons. The van der Waals surface area contributed by atoms with E-state index in [1.54, 1.807) is 11.8 Å². The Morgan fingerprint density at radius 2 is 1.93 bits per heavy atom. The highest BCUT2D eigenvalue weighted by molar-refractivity contribution is 5.90. The van der Waals surface area contributed by atoms with Crippen molar-refractivity contribution in [2.24, 2.45) is 5.92 Å². The maximum Gasteiger partial charge on any atom is 0.410 e. The molecular weight excluding hydrogens is 390 g/mol. The molecule has 0 saturated carbocycles. The second-order valence-corrected chi connectivity index (χ2v) is 7.55. The standard InChI is InChI=1S/C21H23N3O6/c1-2-29-20(27)16-17(25)19(26)24-10-14-8-15(18(24)22-16)11-23(9-14)21(28)30-12-13-6-4-3-5-7-13/h3-7,14-15,25H,2,8-12H2,1H3. The van der Waals surface area contributed by atoms with Crippen LogP contribution in [0.1, 0.15) is 41.1 Å². The second-order valence-electron chi connectivity index (χ2n) is 7.55. The third kappa shape index (κ3) is 3.74. The lowest BCUT2D eigenvalue weighted by atomic mass is 9.85. The summed E-state index contributed by atoms with van der Waals surface area (Å²) in [6, 6.07) is 9.42. The maximum atomic E-state index is 12.6. The Hall–Kier alpha value is -3.36. The van der Waals surface area contributed by atoms with Crippen molar-refractivity contribution in [3.8, 4) is 5.75 Å². The number of benzene rings is 1. The van der Waals surface area contributed by atoms with Gasteiger partial charge in [0, 0.05) is 25.6 Å². The number of carbonyl (C=O) groups is 2. The number of aromatic nitrogens is 2. The van der Waals surface area contributed by atoms with Crippen LogP contribution in [0.2, 0.25) is 0 Å². The first-order chi connectivity index (χ1) is 14.5. The number of ether oxygens (including phenoxy) is 2. The number of aromatic hydroxyl groups is 1. The van der Waals surface area contributed by atoms with Gasteiger partial charge in [-0.3, -0.25) is 9.36 Å². The Balaban J connectivity index is 1.54. The fourth-order valence-electron chi connectivity index (χ4n) is 4.13. The van der Waals surface area contributed by atoms with Gasteiger partial charge in [0.2, 0.25) is 5.75 Å². The van der Waals surface area contributed by atoms with Crippen LogP contribution in [-0.4, -0.2) is 51.3 Å². The number of rotatable bonds is 4. The molecule has 0 radical (unpaired) electrons. The van der Waals surface area contributed by atoms with Crippen molar-refractivity contribution in [2.75, 3.05) is 19.7 Å². The molecule has 1 N–H and O–H groups in total. The van der Waals surface area contributed by atoms with Crippen molar-refractivity contribution < 1.29 is 24.2 Å². The topological polar surface area (TPSA) is 111 Å². The highest BCUT2D eigenvalue weighted by Gasteiger charge is 2.39. The van der Waals surface area contributed by atoms with Gasteiger partial charge >= 0.3 is 12.1 Å². The number of fused-ring (bicyclic) bond motifs is 4. The van der Waals surface area contributed by atoms with Gasteiger partial charge in [-0.15, -0.1) is 0 Å². The molecule has 2 unspecified atom stereocenters. The fraction of sp³-hybridized carbons (Fsp3) is 0.429. The minimum atomic E-state index is -0.840. The van der Waals surface area contributed by atoms with E-state index in [0.717, 1.165) is 12.0 Å². The average Bonchev–Trinajstić information content (AvgIpc) is 2.75. The zero-order chi connectivity index (χ0) is 21.3. The van der Waals surface area contributed by atoms with E-state index in [9.17, 15) is 19.5 Å². The first-order valence-electron chi connectivity index (χ1n) is 9.94. The molecule has 1 fully saturated rings. The summed E-state index contributed by atoms with van der Waals surface area (Å²) < 4.78 is 11.7. The van der Waals surface area contributed by atoms with Crippen molar-refractivity contribution in [1.82, 2.24) is 14.5 Å². The predicted octanol–water partition coefficient (Wildman–Crippen LogP) is 1.88. The number of piperidine rings is 1. The van der Waals surface area contributed by atoms with E-state index in [1.165, 1.54) is 4.57 Å². The zero-order valence-corrected chi connectivity index (χ0v) is 16.6. The lowest BCUT2D eigenvalue weighted by molar-refractivity contribution is 0.0505. The molecule has 2 aliphatic rings. The van der Waals surface area contributed by atoms with E-state index in [-0.39, 0.29) is 30.7 Å². The average molecular weight is 413 g/mol. The van der Waals surface area contributed by atoms with Crippen LogP contribution in [0.4, 0.5) is 4.79 Å². The van der Waals surface area contributed by atoms with E-state index in [0.29, 0.717) is 25.5 Å². The summed E-state index contributed by atoms with van der Waals surface area (Å²) in [7, 11) is 0. The molecule has 0 spiro atoms. The van der Waals surface area contributed by atoms with Crippen LogP contribution in [-0.2, 0) is 22.6 Å². The molecule has 1 amide bonds. The van der Waals surface area contributed by atoms with Gasteiger partial charge in [-0.25, -0.2) is 14.6 Å². The van der Waals surface area contributed by atoms with Crippen LogP contribution in [0, 0.1) is 5.92 Å². The lowest BCUT2D eigenvalue weighted by Crippen LogP contribution is -2.50. The van der Waals surface area contributed by atoms with Crippen LogP contribution in [0.5, 0.6) is 5.75 Å². The van der Waals surface area contributed by atoms with E-state index < -0.39 is 23.4 Å². The Morgan fingerprint density at radius 1 is 1.17 bits per heavy atom. The van der Waals surface area contributed by atoms with Gasteiger partial charge in [-0.05, 0) is 24.8 Å². The molecule has 2 atom stereocenters. The molecule has 1 aromatic carbocycles. The van der Waals surface area contributed by atoms with Gasteiger partial charge < -0.3 is 19.5 Å². The summed E-state index contributed by atoms with van der Waals surface area (Å²) in [6.45, 7) is 3.01. The van der Waals surface area contributed by atoms with Gasteiger partial charge in [0.05, 0.1) is 6.61 Å². The van der Waals surface area contributed by atoms with Crippen molar-refractivity contribution >= 4 is 12.1 Å². The Bertz CT molecular complexity index is 1020. The number of nitrogens with zero attached hydrogens (tertiary/aromatic N) is 3. The maximum absolute atomic E-state index is 12.6. The highest BCUT2D eigenvalue weighted by Crippen LogP contribution is 2.35. The monoisotopic (exact) mass is 413 g/mol. The van der Waals surface area contributed by atoms with Crippen LogP contribution >= 0.6 is 0 Å². The first kappa shape index (κ1) is 19.9. The fourth-order valence-corrected chi connectivity index (χ4v) is 4.13. The second kappa shape index (κ2) is 8.17. The van der Waals surface area contributed by atoms with E-state index in [2.05, 4.69) is 4.98 Å². The molecule has 2 aliphatic heterocycles. The predicted molar refractivity (Wildman–Crippen MR) is 105 cm³/mol. The smallest absolute Gasteiger partial charge is 0.410 e. The molecule has 30 heavy (non-hydrogen) atoms. The molecule has 0 aliphatic carbocycles. The molecule has 3 heterocycles. The number of hydrogen-bond donors (Lipinski definition) is 1. The molecule has 1 aromatic heterocycles.